The molecule has 4 aliphatic carbocycles. The minimum Gasteiger partial charge on any atom is -0.444 e. The highest BCUT2D eigenvalue weighted by molar-refractivity contribution is 5.02. The number of hydrogen-bond donors (Lipinski definition) is 1. The van der Waals surface area contributed by atoms with Crippen LogP contribution in [0.4, 0.5) is 0 Å². The molecule has 18 heavy (non-hydrogen) atoms. The van der Waals surface area contributed by atoms with Gasteiger partial charge in [0.15, 0.2) is 5.89 Å². The van der Waals surface area contributed by atoms with E-state index in [-0.39, 0.29) is 0 Å². The topological polar surface area (TPSA) is 52.0 Å². The summed E-state index contributed by atoms with van der Waals surface area (Å²) in [6.07, 6.45) is 10.3. The van der Waals surface area contributed by atoms with Crippen LogP contribution in [0, 0.1) is 29.6 Å². The first-order valence-corrected chi connectivity index (χ1v) is 7.45. The Kier molecular flexibility index (Phi) is 2.51. The molecule has 4 saturated carbocycles. The average molecular weight is 246 g/mol. The molecular formula is C15H22N2O. The summed E-state index contributed by atoms with van der Waals surface area (Å²) in [6.45, 7) is 0.467. The van der Waals surface area contributed by atoms with Crippen LogP contribution in [0.5, 0.6) is 0 Å². The first-order valence-electron chi connectivity index (χ1n) is 7.45. The van der Waals surface area contributed by atoms with Crippen molar-refractivity contribution in [1.29, 1.82) is 0 Å². The number of oxazole rings is 1. The second kappa shape index (κ2) is 4.09. The smallest absolute Gasteiger partial charge is 0.194 e. The van der Waals surface area contributed by atoms with Crippen molar-refractivity contribution in [3.8, 4) is 0 Å². The highest BCUT2D eigenvalue weighted by atomic mass is 16.4. The second-order valence-electron chi connectivity index (χ2n) is 6.72. The van der Waals surface area contributed by atoms with E-state index in [2.05, 4.69) is 4.98 Å². The fraction of sp³-hybridized carbons (Fsp3) is 0.800. The van der Waals surface area contributed by atoms with Crippen LogP contribution in [-0.4, -0.2) is 4.98 Å². The Bertz CT molecular complexity index is 411. The zero-order chi connectivity index (χ0) is 12.1. The van der Waals surface area contributed by atoms with Crippen LogP contribution in [0.1, 0.15) is 43.8 Å². The largest absolute Gasteiger partial charge is 0.444 e. The van der Waals surface area contributed by atoms with Gasteiger partial charge in [-0.05, 0) is 61.7 Å². The van der Waals surface area contributed by atoms with Gasteiger partial charge in [0.05, 0.1) is 12.7 Å². The Balaban J connectivity index is 1.51. The van der Waals surface area contributed by atoms with E-state index in [1.807, 2.05) is 0 Å². The molecule has 3 nitrogen and oxygen atoms in total. The Morgan fingerprint density at radius 1 is 1.11 bits per heavy atom. The summed E-state index contributed by atoms with van der Waals surface area (Å²) in [5.74, 6) is 6.59. The Morgan fingerprint density at radius 2 is 1.78 bits per heavy atom. The molecule has 2 N–H and O–H groups in total. The van der Waals surface area contributed by atoms with Crippen molar-refractivity contribution in [2.45, 2.75) is 45.1 Å². The molecule has 5 rings (SSSR count). The van der Waals surface area contributed by atoms with Crippen LogP contribution >= 0.6 is 0 Å². The number of rotatable bonds is 3. The van der Waals surface area contributed by atoms with E-state index in [1.165, 1.54) is 32.1 Å². The Morgan fingerprint density at radius 3 is 2.33 bits per heavy atom. The summed E-state index contributed by atoms with van der Waals surface area (Å²) in [7, 11) is 0. The van der Waals surface area contributed by atoms with Crippen LogP contribution in [-0.2, 0) is 13.0 Å². The summed E-state index contributed by atoms with van der Waals surface area (Å²) < 4.78 is 5.70. The van der Waals surface area contributed by atoms with E-state index < -0.39 is 0 Å². The molecule has 0 aliphatic heterocycles. The second-order valence-corrected chi connectivity index (χ2v) is 6.72. The molecule has 1 heterocycles. The molecule has 4 fully saturated rings. The predicted octanol–water partition coefficient (Wildman–Crippen LogP) is 2.75. The third kappa shape index (κ3) is 1.71. The molecule has 0 amide bonds. The van der Waals surface area contributed by atoms with Crippen LogP contribution < -0.4 is 5.73 Å². The predicted molar refractivity (Wildman–Crippen MR) is 68.6 cm³/mol. The Hall–Kier alpha value is -0.830. The Labute approximate surface area is 108 Å². The monoisotopic (exact) mass is 246 g/mol. The number of nitrogens with zero attached hydrogens (tertiary/aromatic N) is 1. The number of hydrogen-bond acceptors (Lipinski definition) is 3. The normalized spacial score (nSPS) is 41.5. The van der Waals surface area contributed by atoms with Gasteiger partial charge >= 0.3 is 0 Å². The lowest BCUT2D eigenvalue weighted by molar-refractivity contribution is -0.0382. The van der Waals surface area contributed by atoms with E-state index in [0.717, 1.165) is 47.7 Å². The molecule has 0 aromatic carbocycles. The van der Waals surface area contributed by atoms with E-state index in [1.54, 1.807) is 6.20 Å². The number of nitrogens with two attached hydrogens (primary N) is 1. The van der Waals surface area contributed by atoms with Gasteiger partial charge in [0, 0.05) is 6.42 Å². The van der Waals surface area contributed by atoms with Gasteiger partial charge in [0.2, 0.25) is 0 Å². The molecule has 0 atom stereocenters. The van der Waals surface area contributed by atoms with Crippen LogP contribution in [0.25, 0.3) is 0 Å². The summed E-state index contributed by atoms with van der Waals surface area (Å²) in [4.78, 5) is 4.39. The molecule has 4 bridgehead atoms. The minimum atomic E-state index is 0.467. The van der Waals surface area contributed by atoms with Gasteiger partial charge < -0.3 is 10.2 Å². The lowest BCUT2D eigenvalue weighted by Gasteiger charge is -2.54. The highest BCUT2D eigenvalue weighted by Gasteiger charge is 2.48. The van der Waals surface area contributed by atoms with Gasteiger partial charge in [-0.1, -0.05) is 0 Å². The molecule has 98 valence electrons. The van der Waals surface area contributed by atoms with Gasteiger partial charge in [-0.2, -0.15) is 0 Å². The standard InChI is InChI=1S/C15H22N2O/c16-7-13-8-17-15(18-13)6-14-11-2-9-1-10(4-11)5-12(14)3-9/h8-12,14H,1-7,16H2. The van der Waals surface area contributed by atoms with Gasteiger partial charge in [-0.25, -0.2) is 4.98 Å². The van der Waals surface area contributed by atoms with Gasteiger partial charge in [-0.15, -0.1) is 0 Å². The van der Waals surface area contributed by atoms with Crippen molar-refractivity contribution in [3.63, 3.8) is 0 Å². The first kappa shape index (κ1) is 11.0. The summed E-state index contributed by atoms with van der Waals surface area (Å²) in [5, 5.41) is 0. The highest BCUT2D eigenvalue weighted by Crippen LogP contribution is 2.57. The third-order valence-electron chi connectivity index (χ3n) is 5.63. The molecule has 0 unspecified atom stereocenters. The van der Waals surface area contributed by atoms with Crippen molar-refractivity contribution in [2.75, 3.05) is 0 Å². The molecule has 1 aromatic heterocycles. The fourth-order valence-electron chi connectivity index (χ4n) is 5.11. The van der Waals surface area contributed by atoms with Gasteiger partial charge in [0.25, 0.3) is 0 Å². The lowest BCUT2D eigenvalue weighted by Crippen LogP contribution is -2.45. The van der Waals surface area contributed by atoms with Gasteiger partial charge in [-0.3, -0.25) is 0 Å². The summed E-state index contributed by atoms with van der Waals surface area (Å²) in [5.41, 5.74) is 5.58. The van der Waals surface area contributed by atoms with Crippen molar-refractivity contribution < 1.29 is 4.42 Å². The van der Waals surface area contributed by atoms with Crippen molar-refractivity contribution in [3.05, 3.63) is 17.8 Å². The van der Waals surface area contributed by atoms with Crippen molar-refractivity contribution in [1.82, 2.24) is 4.98 Å². The molecule has 0 spiro atoms. The zero-order valence-electron chi connectivity index (χ0n) is 10.8. The van der Waals surface area contributed by atoms with Crippen LogP contribution in [0.3, 0.4) is 0 Å². The van der Waals surface area contributed by atoms with E-state index in [9.17, 15) is 0 Å². The molecular weight excluding hydrogens is 224 g/mol. The average Bonchev–Trinajstić information content (AvgIpc) is 2.80. The maximum absolute atomic E-state index is 5.70. The molecule has 1 aromatic rings. The van der Waals surface area contributed by atoms with Crippen molar-refractivity contribution >= 4 is 0 Å². The maximum atomic E-state index is 5.70. The van der Waals surface area contributed by atoms with E-state index >= 15 is 0 Å². The minimum absolute atomic E-state index is 0.467. The van der Waals surface area contributed by atoms with Crippen LogP contribution in [0.15, 0.2) is 10.6 Å². The summed E-state index contributed by atoms with van der Waals surface area (Å²) >= 11 is 0. The molecule has 3 heteroatoms. The van der Waals surface area contributed by atoms with E-state index in [0.29, 0.717) is 6.54 Å². The van der Waals surface area contributed by atoms with Gasteiger partial charge in [0.1, 0.15) is 5.76 Å². The first-order chi connectivity index (χ1) is 8.81. The van der Waals surface area contributed by atoms with E-state index in [4.69, 9.17) is 10.2 Å². The fourth-order valence-corrected chi connectivity index (χ4v) is 5.11. The summed E-state index contributed by atoms with van der Waals surface area (Å²) in [6, 6.07) is 0. The number of aromatic nitrogens is 1. The van der Waals surface area contributed by atoms with Crippen molar-refractivity contribution in [2.24, 2.45) is 35.3 Å². The molecule has 4 aliphatic rings. The quantitative estimate of drug-likeness (QED) is 0.892. The molecule has 0 saturated heterocycles. The zero-order valence-corrected chi connectivity index (χ0v) is 10.8. The SMILES string of the molecule is NCc1cnc(CC2C3CC4CC(C3)CC2C4)o1. The van der Waals surface area contributed by atoms with Crippen LogP contribution in [0.2, 0.25) is 0 Å². The lowest BCUT2D eigenvalue weighted by atomic mass is 9.51. The maximum Gasteiger partial charge on any atom is 0.194 e. The molecule has 0 radical (unpaired) electrons. The third-order valence-corrected chi connectivity index (χ3v) is 5.63.